The van der Waals surface area contributed by atoms with E-state index < -0.39 is 0 Å². The van der Waals surface area contributed by atoms with Gasteiger partial charge < -0.3 is 4.74 Å². The molecule has 2 saturated carbocycles. The molecule has 0 aromatic heterocycles. The standard InChI is InChI=1S/C29H46O2/c1-3-5-7-8-10-24-13-17-27(18-14-24)29(30)31-28-21-19-26(20-22-28)25-15-11-23(12-16-25)9-6-4-2/h19-25,27H,3-18H2,1-2H3. The molecule has 2 aliphatic carbocycles. The molecule has 0 saturated heterocycles. The third-order valence-corrected chi connectivity index (χ3v) is 8.03. The highest BCUT2D eigenvalue weighted by molar-refractivity contribution is 5.75. The number of carbonyl (C=O) groups excluding carboxylic acids is 1. The minimum atomic E-state index is -0.00591. The monoisotopic (exact) mass is 426 g/mol. The second-order valence-electron chi connectivity index (χ2n) is 10.4. The van der Waals surface area contributed by atoms with Gasteiger partial charge in [-0.1, -0.05) is 77.3 Å². The summed E-state index contributed by atoms with van der Waals surface area (Å²) in [5, 5.41) is 0. The molecule has 3 rings (SSSR count). The van der Waals surface area contributed by atoms with Gasteiger partial charge in [0.05, 0.1) is 5.92 Å². The van der Waals surface area contributed by atoms with Crippen molar-refractivity contribution >= 4 is 5.97 Å². The first kappa shape index (κ1) is 24.3. The summed E-state index contributed by atoms with van der Waals surface area (Å²) in [5.41, 5.74) is 1.43. The van der Waals surface area contributed by atoms with E-state index in [9.17, 15) is 4.79 Å². The highest BCUT2D eigenvalue weighted by Crippen LogP contribution is 2.38. The molecule has 2 heteroatoms. The van der Waals surface area contributed by atoms with Crippen molar-refractivity contribution in [3.8, 4) is 5.75 Å². The van der Waals surface area contributed by atoms with Crippen LogP contribution in [0.4, 0.5) is 0 Å². The fraction of sp³-hybridized carbons (Fsp3) is 0.759. The molecular weight excluding hydrogens is 380 g/mol. The first-order valence-electron chi connectivity index (χ1n) is 13.5. The third kappa shape index (κ3) is 7.95. The van der Waals surface area contributed by atoms with E-state index in [1.165, 1.54) is 95.5 Å². The van der Waals surface area contributed by atoms with E-state index in [2.05, 4.69) is 26.0 Å². The predicted molar refractivity (Wildman–Crippen MR) is 131 cm³/mol. The van der Waals surface area contributed by atoms with Crippen LogP contribution in [0.5, 0.6) is 5.75 Å². The fourth-order valence-electron chi connectivity index (χ4n) is 5.83. The molecule has 31 heavy (non-hydrogen) atoms. The van der Waals surface area contributed by atoms with Gasteiger partial charge in [0.1, 0.15) is 5.75 Å². The summed E-state index contributed by atoms with van der Waals surface area (Å²) < 4.78 is 5.77. The number of hydrogen-bond acceptors (Lipinski definition) is 2. The molecule has 0 amide bonds. The molecule has 2 nitrogen and oxygen atoms in total. The lowest BCUT2D eigenvalue weighted by Crippen LogP contribution is -2.25. The Hall–Kier alpha value is -1.31. The molecule has 0 atom stereocenters. The SMILES string of the molecule is CCCCCCC1CCC(C(=O)Oc2ccc(C3CCC(CCCC)CC3)cc2)CC1. The summed E-state index contributed by atoms with van der Waals surface area (Å²) in [7, 11) is 0. The minimum absolute atomic E-state index is 0.00591. The van der Waals surface area contributed by atoms with Crippen molar-refractivity contribution in [1.29, 1.82) is 0 Å². The zero-order valence-corrected chi connectivity index (χ0v) is 20.2. The van der Waals surface area contributed by atoms with Crippen molar-refractivity contribution in [3.05, 3.63) is 29.8 Å². The van der Waals surface area contributed by atoms with Gasteiger partial charge in [0.2, 0.25) is 0 Å². The molecule has 0 N–H and O–H groups in total. The highest BCUT2D eigenvalue weighted by Gasteiger charge is 2.28. The molecular formula is C29H46O2. The molecule has 2 fully saturated rings. The van der Waals surface area contributed by atoms with Gasteiger partial charge in [0.25, 0.3) is 0 Å². The van der Waals surface area contributed by atoms with Gasteiger partial charge in [-0.15, -0.1) is 0 Å². The van der Waals surface area contributed by atoms with Crippen LogP contribution in [0, 0.1) is 17.8 Å². The second-order valence-corrected chi connectivity index (χ2v) is 10.4. The van der Waals surface area contributed by atoms with Crippen LogP contribution in [0.2, 0.25) is 0 Å². The predicted octanol–water partition coefficient (Wildman–Crippen LogP) is 8.83. The van der Waals surface area contributed by atoms with Crippen LogP contribution in [-0.4, -0.2) is 5.97 Å². The van der Waals surface area contributed by atoms with Crippen molar-refractivity contribution in [1.82, 2.24) is 0 Å². The van der Waals surface area contributed by atoms with E-state index >= 15 is 0 Å². The largest absolute Gasteiger partial charge is 0.426 e. The molecule has 0 heterocycles. The summed E-state index contributed by atoms with van der Waals surface area (Å²) >= 11 is 0. The zero-order valence-electron chi connectivity index (χ0n) is 20.2. The van der Waals surface area contributed by atoms with Crippen LogP contribution in [0.1, 0.15) is 128 Å². The van der Waals surface area contributed by atoms with Gasteiger partial charge in [-0.3, -0.25) is 4.79 Å². The highest BCUT2D eigenvalue weighted by atomic mass is 16.5. The summed E-state index contributed by atoms with van der Waals surface area (Å²) in [4.78, 5) is 12.7. The van der Waals surface area contributed by atoms with E-state index in [0.29, 0.717) is 5.92 Å². The molecule has 0 unspecified atom stereocenters. The van der Waals surface area contributed by atoms with E-state index in [-0.39, 0.29) is 11.9 Å². The van der Waals surface area contributed by atoms with E-state index in [1.807, 2.05) is 12.1 Å². The smallest absolute Gasteiger partial charge is 0.314 e. The zero-order chi connectivity index (χ0) is 21.9. The number of benzene rings is 1. The molecule has 0 spiro atoms. The molecule has 1 aromatic carbocycles. The molecule has 2 aliphatic rings. The third-order valence-electron chi connectivity index (χ3n) is 8.03. The lowest BCUT2D eigenvalue weighted by Gasteiger charge is -2.29. The van der Waals surface area contributed by atoms with Crippen LogP contribution < -0.4 is 4.74 Å². The normalized spacial score (nSPS) is 26.5. The Kier molecular flexibility index (Phi) is 10.4. The minimum Gasteiger partial charge on any atom is -0.426 e. The number of unbranched alkanes of at least 4 members (excludes halogenated alkanes) is 4. The van der Waals surface area contributed by atoms with Crippen LogP contribution in [0.25, 0.3) is 0 Å². The molecule has 0 bridgehead atoms. The first-order chi connectivity index (χ1) is 15.2. The number of ether oxygens (including phenoxy) is 1. The van der Waals surface area contributed by atoms with Crippen LogP contribution >= 0.6 is 0 Å². The van der Waals surface area contributed by atoms with E-state index in [1.54, 1.807) is 0 Å². The quantitative estimate of drug-likeness (QED) is 0.201. The number of hydrogen-bond donors (Lipinski definition) is 0. The Bertz CT molecular complexity index is 619. The fourth-order valence-corrected chi connectivity index (χ4v) is 5.83. The molecule has 0 aliphatic heterocycles. The molecule has 1 aromatic rings. The summed E-state index contributed by atoms with van der Waals surface area (Å²) in [5.74, 6) is 3.29. The maximum absolute atomic E-state index is 12.7. The van der Waals surface area contributed by atoms with Crippen LogP contribution in [0.15, 0.2) is 24.3 Å². The van der Waals surface area contributed by atoms with Crippen molar-refractivity contribution in [2.75, 3.05) is 0 Å². The van der Waals surface area contributed by atoms with E-state index in [0.717, 1.165) is 30.4 Å². The van der Waals surface area contributed by atoms with Crippen molar-refractivity contribution < 1.29 is 9.53 Å². The number of rotatable bonds is 11. The van der Waals surface area contributed by atoms with Crippen molar-refractivity contribution in [2.45, 2.75) is 122 Å². The lowest BCUT2D eigenvalue weighted by molar-refractivity contribution is -0.140. The molecule has 0 radical (unpaired) electrons. The van der Waals surface area contributed by atoms with Gasteiger partial charge in [0.15, 0.2) is 0 Å². The lowest BCUT2D eigenvalue weighted by atomic mass is 9.77. The number of esters is 1. The van der Waals surface area contributed by atoms with Gasteiger partial charge in [0, 0.05) is 0 Å². The van der Waals surface area contributed by atoms with Gasteiger partial charge in [-0.25, -0.2) is 0 Å². The van der Waals surface area contributed by atoms with Crippen molar-refractivity contribution in [2.24, 2.45) is 17.8 Å². The Labute approximate surface area is 191 Å². The second kappa shape index (κ2) is 13.3. The Morgan fingerprint density at radius 2 is 1.32 bits per heavy atom. The Morgan fingerprint density at radius 3 is 1.94 bits per heavy atom. The van der Waals surface area contributed by atoms with Crippen LogP contribution in [-0.2, 0) is 4.79 Å². The van der Waals surface area contributed by atoms with Crippen molar-refractivity contribution in [3.63, 3.8) is 0 Å². The summed E-state index contributed by atoms with van der Waals surface area (Å²) in [6.45, 7) is 4.56. The average Bonchev–Trinajstić information content (AvgIpc) is 2.82. The van der Waals surface area contributed by atoms with Gasteiger partial charge >= 0.3 is 5.97 Å². The van der Waals surface area contributed by atoms with E-state index in [4.69, 9.17) is 4.74 Å². The Morgan fingerprint density at radius 1 is 0.742 bits per heavy atom. The molecule has 174 valence electrons. The first-order valence-corrected chi connectivity index (χ1v) is 13.5. The van der Waals surface area contributed by atoms with Crippen LogP contribution in [0.3, 0.4) is 0 Å². The average molecular weight is 427 g/mol. The maximum atomic E-state index is 12.7. The van der Waals surface area contributed by atoms with Gasteiger partial charge in [-0.05, 0) is 86.8 Å². The van der Waals surface area contributed by atoms with Gasteiger partial charge in [-0.2, -0.15) is 0 Å². The Balaban J connectivity index is 1.38. The maximum Gasteiger partial charge on any atom is 0.314 e. The number of carbonyl (C=O) groups is 1. The topological polar surface area (TPSA) is 26.3 Å². The summed E-state index contributed by atoms with van der Waals surface area (Å²) in [6.07, 6.45) is 20.7. The summed E-state index contributed by atoms with van der Waals surface area (Å²) in [6, 6.07) is 8.45.